The van der Waals surface area contributed by atoms with Gasteiger partial charge in [-0.3, -0.25) is 19.5 Å². The second kappa shape index (κ2) is 6.55. The number of hydrogen-bond donors (Lipinski definition) is 2. The number of rotatable bonds is 5. The summed E-state index contributed by atoms with van der Waals surface area (Å²) in [6, 6.07) is 0. The first-order chi connectivity index (χ1) is 8.47. The van der Waals surface area contributed by atoms with Gasteiger partial charge in [-0.1, -0.05) is 0 Å². The summed E-state index contributed by atoms with van der Waals surface area (Å²) in [6.07, 6.45) is 1.42. The number of hydrogen-bond acceptors (Lipinski definition) is 4. The van der Waals surface area contributed by atoms with Crippen LogP contribution >= 0.6 is 12.2 Å². The number of quaternary nitrogens is 1. The first kappa shape index (κ1) is 14.7. The lowest BCUT2D eigenvalue weighted by Gasteiger charge is -2.29. The van der Waals surface area contributed by atoms with Gasteiger partial charge < -0.3 is 10.2 Å². The molecule has 0 unspecified atom stereocenters. The van der Waals surface area contributed by atoms with Gasteiger partial charge in [0.1, 0.15) is 0 Å². The zero-order chi connectivity index (χ0) is 13.7. The topological polar surface area (TPSA) is 66.2 Å². The van der Waals surface area contributed by atoms with Gasteiger partial charge in [0.25, 0.3) is 0 Å². The van der Waals surface area contributed by atoms with Crippen molar-refractivity contribution >= 4 is 35.4 Å². The molecule has 7 heteroatoms. The van der Waals surface area contributed by atoms with Crippen molar-refractivity contribution in [1.29, 1.82) is 0 Å². The molecule has 0 bridgehead atoms. The van der Waals surface area contributed by atoms with E-state index in [0.717, 1.165) is 6.54 Å². The van der Waals surface area contributed by atoms with Crippen molar-refractivity contribution in [3.05, 3.63) is 0 Å². The molecule has 1 atom stereocenters. The molecule has 0 aromatic rings. The van der Waals surface area contributed by atoms with Crippen LogP contribution < -0.4 is 10.2 Å². The Morgan fingerprint density at radius 1 is 1.50 bits per heavy atom. The van der Waals surface area contributed by atoms with Gasteiger partial charge in [-0.15, -0.1) is 0 Å². The molecule has 100 valence electrons. The minimum atomic E-state index is -0.853. The van der Waals surface area contributed by atoms with Crippen molar-refractivity contribution in [2.45, 2.75) is 6.92 Å². The summed E-state index contributed by atoms with van der Waals surface area (Å²) < 4.78 is 0. The lowest BCUT2D eigenvalue weighted by atomic mass is 10.1. The first-order valence-corrected chi connectivity index (χ1v) is 6.33. The third-order valence-corrected chi connectivity index (χ3v) is 2.92. The highest BCUT2D eigenvalue weighted by Gasteiger charge is 2.36. The van der Waals surface area contributed by atoms with Crippen LogP contribution in [0, 0.1) is 5.92 Å². The third-order valence-electron chi connectivity index (χ3n) is 2.60. The standard InChI is InChI=1S/C11H18N4O2S/c1-4-15-10(17)8(9(16)13-11(15)18)7-12-5-6-14(2)3/h7-8H,4-6H2,1-3H3,(H,13,16,18)/p+1/t8-/m0/s1. The SMILES string of the molecule is CCN1C(=O)[C@@H](C=NCC[NH+](C)C)C(=O)NC1=S. The first-order valence-electron chi connectivity index (χ1n) is 5.92. The molecule has 0 saturated carbocycles. The van der Waals surface area contributed by atoms with Crippen LogP contribution in [0.25, 0.3) is 0 Å². The molecule has 0 aromatic heterocycles. The smallest absolute Gasteiger partial charge is 0.246 e. The molecule has 1 heterocycles. The van der Waals surface area contributed by atoms with Gasteiger partial charge in [0.2, 0.25) is 11.8 Å². The maximum absolute atomic E-state index is 12.0. The van der Waals surface area contributed by atoms with Gasteiger partial charge in [-0.2, -0.15) is 0 Å². The summed E-state index contributed by atoms with van der Waals surface area (Å²) in [5, 5.41) is 2.69. The predicted molar refractivity (Wildman–Crippen MR) is 72.7 cm³/mol. The monoisotopic (exact) mass is 271 g/mol. The summed E-state index contributed by atoms with van der Waals surface area (Å²) >= 11 is 4.93. The Morgan fingerprint density at radius 3 is 2.72 bits per heavy atom. The van der Waals surface area contributed by atoms with Gasteiger partial charge in [0.15, 0.2) is 11.0 Å². The number of carbonyl (C=O) groups is 2. The zero-order valence-corrected chi connectivity index (χ0v) is 11.7. The predicted octanol–water partition coefficient (Wildman–Crippen LogP) is -1.92. The van der Waals surface area contributed by atoms with Crippen molar-refractivity contribution in [1.82, 2.24) is 10.2 Å². The second-order valence-corrected chi connectivity index (χ2v) is 4.75. The Morgan fingerprint density at radius 2 is 2.17 bits per heavy atom. The van der Waals surface area contributed by atoms with Crippen LogP contribution in [0.4, 0.5) is 0 Å². The van der Waals surface area contributed by atoms with E-state index >= 15 is 0 Å². The molecule has 1 aliphatic heterocycles. The molecule has 1 rings (SSSR count). The number of carbonyl (C=O) groups excluding carboxylic acids is 2. The van der Waals surface area contributed by atoms with Crippen molar-refractivity contribution in [2.24, 2.45) is 10.9 Å². The zero-order valence-electron chi connectivity index (χ0n) is 10.9. The van der Waals surface area contributed by atoms with Gasteiger partial charge >= 0.3 is 0 Å². The van der Waals surface area contributed by atoms with E-state index in [1.54, 1.807) is 0 Å². The molecule has 2 amide bonds. The Balaban J connectivity index is 2.66. The van der Waals surface area contributed by atoms with Crippen molar-refractivity contribution in [3.63, 3.8) is 0 Å². The largest absolute Gasteiger partial charge is 0.338 e. The van der Waals surface area contributed by atoms with E-state index in [1.165, 1.54) is 16.0 Å². The Kier molecular flexibility index (Phi) is 5.36. The molecule has 0 spiro atoms. The minimum Gasteiger partial charge on any atom is -0.338 e. The number of nitrogens with one attached hydrogen (secondary N) is 2. The second-order valence-electron chi connectivity index (χ2n) is 4.37. The van der Waals surface area contributed by atoms with Crippen LogP contribution in [0.1, 0.15) is 6.92 Å². The molecule has 0 aliphatic carbocycles. The summed E-state index contributed by atoms with van der Waals surface area (Å²) in [5.74, 6) is -1.54. The van der Waals surface area contributed by atoms with Crippen LogP contribution in [0.15, 0.2) is 4.99 Å². The van der Waals surface area contributed by atoms with Crippen LogP contribution in [0.3, 0.4) is 0 Å². The van der Waals surface area contributed by atoms with E-state index in [4.69, 9.17) is 12.2 Å². The molecule has 1 saturated heterocycles. The molecule has 1 fully saturated rings. The molecule has 6 nitrogen and oxygen atoms in total. The van der Waals surface area contributed by atoms with Crippen LogP contribution in [-0.2, 0) is 9.59 Å². The van der Waals surface area contributed by atoms with E-state index in [1.807, 2.05) is 21.0 Å². The van der Waals surface area contributed by atoms with Crippen LogP contribution in [0.2, 0.25) is 0 Å². The summed E-state index contributed by atoms with van der Waals surface area (Å²) in [6.45, 7) is 3.71. The van der Waals surface area contributed by atoms with Crippen LogP contribution in [0.5, 0.6) is 0 Å². The fourth-order valence-corrected chi connectivity index (χ4v) is 1.85. The Bertz CT molecular complexity index is 381. The number of amides is 2. The van der Waals surface area contributed by atoms with Crippen molar-refractivity contribution in [3.8, 4) is 0 Å². The Labute approximate surface area is 112 Å². The lowest BCUT2D eigenvalue weighted by molar-refractivity contribution is -0.856. The highest BCUT2D eigenvalue weighted by atomic mass is 32.1. The normalized spacial score (nSPS) is 21.0. The number of aliphatic imine (C=N–C) groups is 1. The highest BCUT2D eigenvalue weighted by molar-refractivity contribution is 7.80. The van der Waals surface area contributed by atoms with E-state index < -0.39 is 11.8 Å². The molecule has 0 radical (unpaired) electrons. The lowest BCUT2D eigenvalue weighted by Crippen LogP contribution is -3.06. The van der Waals surface area contributed by atoms with E-state index in [-0.39, 0.29) is 11.0 Å². The summed E-state index contributed by atoms with van der Waals surface area (Å²) in [5.41, 5.74) is 0. The molecule has 1 aliphatic rings. The molecular weight excluding hydrogens is 252 g/mol. The van der Waals surface area contributed by atoms with Crippen LogP contribution in [-0.4, -0.2) is 61.8 Å². The van der Waals surface area contributed by atoms with Crippen molar-refractivity contribution in [2.75, 3.05) is 33.7 Å². The molecule has 0 aromatic carbocycles. The molecule has 18 heavy (non-hydrogen) atoms. The van der Waals surface area contributed by atoms with Gasteiger partial charge in [0.05, 0.1) is 27.2 Å². The maximum atomic E-state index is 12.0. The van der Waals surface area contributed by atoms with E-state index in [9.17, 15) is 9.59 Å². The van der Waals surface area contributed by atoms with Gasteiger partial charge in [-0.05, 0) is 19.1 Å². The summed E-state index contributed by atoms with van der Waals surface area (Å²) in [4.78, 5) is 30.4. The van der Waals surface area contributed by atoms with E-state index in [0.29, 0.717) is 13.1 Å². The maximum Gasteiger partial charge on any atom is 0.246 e. The van der Waals surface area contributed by atoms with E-state index in [2.05, 4.69) is 10.3 Å². The highest BCUT2D eigenvalue weighted by Crippen LogP contribution is 2.08. The van der Waals surface area contributed by atoms with Gasteiger partial charge in [0, 0.05) is 12.8 Å². The average Bonchev–Trinajstić information content (AvgIpc) is 2.27. The quantitative estimate of drug-likeness (QED) is 0.348. The van der Waals surface area contributed by atoms with Gasteiger partial charge in [-0.25, -0.2) is 0 Å². The average molecular weight is 271 g/mol. The fraction of sp³-hybridized carbons (Fsp3) is 0.636. The minimum absolute atomic E-state index is 0.176. The summed E-state index contributed by atoms with van der Waals surface area (Å²) in [7, 11) is 4.04. The number of thiocarbonyl (C=S) groups is 1. The fourth-order valence-electron chi connectivity index (χ4n) is 1.53. The Hall–Kier alpha value is -1.34. The van der Waals surface area contributed by atoms with Crippen molar-refractivity contribution < 1.29 is 14.5 Å². The molecule has 2 N–H and O–H groups in total. The third kappa shape index (κ3) is 3.58. The molecular formula is C11H19N4O2S+. The number of likely N-dealkylation sites (N-methyl/N-ethyl adjacent to an activating group) is 1. The number of nitrogens with zero attached hydrogens (tertiary/aromatic N) is 2.